The Bertz CT molecular complexity index is 750. The van der Waals surface area contributed by atoms with Crippen LogP contribution in [0, 0.1) is 13.8 Å². The van der Waals surface area contributed by atoms with Gasteiger partial charge in [-0.25, -0.2) is 9.50 Å². The van der Waals surface area contributed by atoms with Crippen LogP contribution in [0.15, 0.2) is 17.3 Å². The summed E-state index contributed by atoms with van der Waals surface area (Å²) in [5, 5.41) is 11.2. The van der Waals surface area contributed by atoms with E-state index in [1.54, 1.807) is 10.6 Å². The van der Waals surface area contributed by atoms with E-state index in [9.17, 15) is 4.79 Å². The van der Waals surface area contributed by atoms with Gasteiger partial charge in [0.15, 0.2) is 5.65 Å². The first-order chi connectivity index (χ1) is 10.6. The van der Waals surface area contributed by atoms with Crippen molar-refractivity contribution in [2.75, 3.05) is 6.54 Å². The summed E-state index contributed by atoms with van der Waals surface area (Å²) in [7, 11) is 0. The van der Waals surface area contributed by atoms with Crippen LogP contribution in [-0.2, 0) is 4.84 Å². The quantitative estimate of drug-likeness (QED) is 0.930. The molecule has 7 heteroatoms. The Morgan fingerprint density at radius 2 is 2.27 bits per heavy atom. The van der Waals surface area contributed by atoms with Crippen LogP contribution >= 0.6 is 0 Å². The number of hydrogen-bond donors (Lipinski definition) is 1. The molecule has 1 atom stereocenters. The zero-order chi connectivity index (χ0) is 15.7. The third-order valence-corrected chi connectivity index (χ3v) is 3.65. The molecule has 0 aliphatic carbocycles. The Balaban J connectivity index is 1.67. The maximum Gasteiger partial charge on any atom is 0.270 e. The molecular weight excluding hydrogens is 282 g/mol. The number of amides is 1. The molecule has 0 bridgehead atoms. The van der Waals surface area contributed by atoms with E-state index in [1.165, 1.54) is 0 Å². The fraction of sp³-hybridized carbons (Fsp3) is 0.467. The predicted molar refractivity (Wildman–Crippen MR) is 82.0 cm³/mol. The minimum Gasteiger partial charge on any atom is -0.390 e. The third-order valence-electron chi connectivity index (χ3n) is 3.65. The number of nitrogens with one attached hydrogen (secondary N) is 1. The Kier molecular flexibility index (Phi) is 3.79. The monoisotopic (exact) mass is 301 g/mol. The molecule has 7 nitrogen and oxygen atoms in total. The molecule has 0 radical (unpaired) electrons. The standard InChI is InChI=1S/C15H19N5O2/c1-4-11-7-12(22-19-11)8-16-15(21)13-6-10(3)20-14(17-13)5-9(2)18-20/h5-6,12H,4,7-8H2,1-3H3,(H,16,21). The van der Waals surface area contributed by atoms with E-state index in [0.29, 0.717) is 17.9 Å². The van der Waals surface area contributed by atoms with Gasteiger partial charge < -0.3 is 10.2 Å². The fourth-order valence-corrected chi connectivity index (χ4v) is 2.46. The van der Waals surface area contributed by atoms with Crippen LogP contribution in [0.1, 0.15) is 41.6 Å². The lowest BCUT2D eigenvalue weighted by Crippen LogP contribution is -2.33. The van der Waals surface area contributed by atoms with Crippen LogP contribution in [0.3, 0.4) is 0 Å². The highest BCUT2D eigenvalue weighted by Gasteiger charge is 2.21. The van der Waals surface area contributed by atoms with E-state index in [1.807, 2.05) is 26.8 Å². The first kappa shape index (κ1) is 14.5. The molecule has 0 spiro atoms. The molecular formula is C15H19N5O2. The molecule has 0 saturated carbocycles. The number of carbonyl (C=O) groups is 1. The number of nitrogens with zero attached hydrogens (tertiary/aromatic N) is 4. The van der Waals surface area contributed by atoms with E-state index in [4.69, 9.17) is 4.84 Å². The van der Waals surface area contributed by atoms with Crippen LogP contribution in [-0.4, -0.2) is 38.9 Å². The van der Waals surface area contributed by atoms with Gasteiger partial charge in [-0.15, -0.1) is 0 Å². The SMILES string of the molecule is CCC1=NOC(CNC(=O)c2cc(C)n3nc(C)cc3n2)C1. The number of fused-ring (bicyclic) bond motifs is 1. The van der Waals surface area contributed by atoms with Gasteiger partial charge >= 0.3 is 0 Å². The highest BCUT2D eigenvalue weighted by Crippen LogP contribution is 2.12. The minimum atomic E-state index is -0.210. The lowest BCUT2D eigenvalue weighted by molar-refractivity contribution is 0.0751. The second kappa shape index (κ2) is 5.75. The first-order valence-corrected chi connectivity index (χ1v) is 7.40. The van der Waals surface area contributed by atoms with Crippen molar-refractivity contribution in [3.05, 3.63) is 29.2 Å². The molecule has 2 aromatic heterocycles. The molecule has 22 heavy (non-hydrogen) atoms. The lowest BCUT2D eigenvalue weighted by atomic mass is 10.1. The van der Waals surface area contributed by atoms with Gasteiger partial charge in [-0.3, -0.25) is 4.79 Å². The molecule has 0 fully saturated rings. The Hall–Kier alpha value is -2.44. The highest BCUT2D eigenvalue weighted by atomic mass is 16.6. The van der Waals surface area contributed by atoms with Crippen LogP contribution in [0.2, 0.25) is 0 Å². The zero-order valence-electron chi connectivity index (χ0n) is 13.0. The van der Waals surface area contributed by atoms with Crippen LogP contribution in [0.25, 0.3) is 5.65 Å². The summed E-state index contributed by atoms with van der Waals surface area (Å²) in [6, 6.07) is 3.59. The number of hydrogen-bond acceptors (Lipinski definition) is 5. The van der Waals surface area contributed by atoms with Gasteiger partial charge in [-0.1, -0.05) is 12.1 Å². The molecule has 1 unspecified atom stereocenters. The van der Waals surface area contributed by atoms with E-state index >= 15 is 0 Å². The first-order valence-electron chi connectivity index (χ1n) is 7.40. The fourth-order valence-electron chi connectivity index (χ4n) is 2.46. The number of aromatic nitrogens is 3. The topological polar surface area (TPSA) is 80.9 Å². The van der Waals surface area contributed by atoms with Gasteiger partial charge in [0.1, 0.15) is 11.8 Å². The Labute approximate surface area is 128 Å². The van der Waals surface area contributed by atoms with Gasteiger partial charge in [0.05, 0.1) is 18.0 Å². The van der Waals surface area contributed by atoms with Crippen molar-refractivity contribution >= 4 is 17.3 Å². The molecule has 1 amide bonds. The minimum absolute atomic E-state index is 0.0825. The second-order valence-electron chi connectivity index (χ2n) is 5.49. The molecule has 1 aliphatic heterocycles. The molecule has 0 aromatic carbocycles. The zero-order valence-corrected chi connectivity index (χ0v) is 13.0. The summed E-state index contributed by atoms with van der Waals surface area (Å²) >= 11 is 0. The number of oxime groups is 1. The Morgan fingerprint density at radius 1 is 1.45 bits per heavy atom. The molecule has 116 valence electrons. The van der Waals surface area contributed by atoms with Crippen molar-refractivity contribution in [1.82, 2.24) is 19.9 Å². The molecule has 1 N–H and O–H groups in total. The largest absolute Gasteiger partial charge is 0.390 e. The number of carbonyl (C=O) groups excluding carboxylic acids is 1. The van der Waals surface area contributed by atoms with Crippen LogP contribution < -0.4 is 5.32 Å². The van der Waals surface area contributed by atoms with Gasteiger partial charge in [0.2, 0.25) is 0 Å². The summed E-state index contributed by atoms with van der Waals surface area (Å²) in [6.07, 6.45) is 1.56. The summed E-state index contributed by atoms with van der Waals surface area (Å²) in [4.78, 5) is 21.9. The van der Waals surface area contributed by atoms with Crippen molar-refractivity contribution in [3.63, 3.8) is 0 Å². The second-order valence-corrected chi connectivity index (χ2v) is 5.49. The number of rotatable bonds is 4. The summed E-state index contributed by atoms with van der Waals surface area (Å²) < 4.78 is 1.73. The molecule has 1 aliphatic rings. The van der Waals surface area contributed by atoms with E-state index in [2.05, 4.69) is 20.6 Å². The van der Waals surface area contributed by atoms with E-state index in [-0.39, 0.29) is 12.0 Å². The average molecular weight is 301 g/mol. The molecule has 2 aromatic rings. The highest BCUT2D eigenvalue weighted by molar-refractivity contribution is 5.93. The van der Waals surface area contributed by atoms with Crippen molar-refractivity contribution in [3.8, 4) is 0 Å². The predicted octanol–water partition coefficient (Wildman–Crippen LogP) is 1.63. The van der Waals surface area contributed by atoms with Crippen molar-refractivity contribution < 1.29 is 9.63 Å². The molecule has 3 rings (SSSR count). The third kappa shape index (κ3) is 2.79. The summed E-state index contributed by atoms with van der Waals surface area (Å²) in [5.41, 5.74) is 3.84. The van der Waals surface area contributed by atoms with Gasteiger partial charge in [0.25, 0.3) is 5.91 Å². The summed E-state index contributed by atoms with van der Waals surface area (Å²) in [5.74, 6) is -0.210. The van der Waals surface area contributed by atoms with Crippen LogP contribution in [0.5, 0.6) is 0 Å². The van der Waals surface area contributed by atoms with E-state index in [0.717, 1.165) is 29.9 Å². The molecule has 3 heterocycles. The smallest absolute Gasteiger partial charge is 0.270 e. The van der Waals surface area contributed by atoms with Gasteiger partial charge in [-0.05, 0) is 26.3 Å². The normalized spacial score (nSPS) is 17.4. The van der Waals surface area contributed by atoms with Gasteiger partial charge in [-0.2, -0.15) is 5.10 Å². The number of aryl methyl sites for hydroxylation is 2. The van der Waals surface area contributed by atoms with E-state index < -0.39 is 0 Å². The average Bonchev–Trinajstić information content (AvgIpc) is 3.10. The molecule has 0 saturated heterocycles. The van der Waals surface area contributed by atoms with Crippen molar-refractivity contribution in [2.24, 2.45) is 5.16 Å². The lowest BCUT2D eigenvalue weighted by Gasteiger charge is -2.10. The van der Waals surface area contributed by atoms with Crippen molar-refractivity contribution in [2.45, 2.75) is 39.7 Å². The maximum absolute atomic E-state index is 12.3. The van der Waals surface area contributed by atoms with Gasteiger partial charge in [0, 0.05) is 18.2 Å². The van der Waals surface area contributed by atoms with Crippen LogP contribution in [0.4, 0.5) is 0 Å². The van der Waals surface area contributed by atoms with Crippen molar-refractivity contribution in [1.29, 1.82) is 0 Å². The Morgan fingerprint density at radius 3 is 3.00 bits per heavy atom. The maximum atomic E-state index is 12.3. The summed E-state index contributed by atoms with van der Waals surface area (Å²) in [6.45, 7) is 6.27.